The number of ketones is 1. The smallest absolute Gasteiger partial charge is 0.181 e. The first-order chi connectivity index (χ1) is 8.36. The molecule has 4 nitrogen and oxygen atoms in total. The molecule has 0 aromatic carbocycles. The van der Waals surface area contributed by atoms with E-state index in [1.807, 2.05) is 16.8 Å². The van der Waals surface area contributed by atoms with Crippen LogP contribution in [0.25, 0.3) is 5.69 Å². The molecule has 2 aromatic rings. The molecule has 4 heteroatoms. The van der Waals surface area contributed by atoms with Crippen LogP contribution in [0, 0.1) is 0 Å². The number of rotatable bonds is 1. The van der Waals surface area contributed by atoms with E-state index in [9.17, 15) is 4.79 Å². The summed E-state index contributed by atoms with van der Waals surface area (Å²) in [7, 11) is 0. The Bertz CT molecular complexity index is 546. The van der Waals surface area contributed by atoms with Gasteiger partial charge in [-0.15, -0.1) is 0 Å². The zero-order chi connectivity index (χ0) is 11.7. The van der Waals surface area contributed by atoms with Crippen LogP contribution in [0.3, 0.4) is 0 Å². The molecule has 0 N–H and O–H groups in total. The third-order valence-corrected chi connectivity index (χ3v) is 3.16. The molecule has 0 atom stereocenters. The average Bonchev–Trinajstić information content (AvgIpc) is 2.81. The van der Waals surface area contributed by atoms with E-state index in [4.69, 9.17) is 0 Å². The van der Waals surface area contributed by atoms with Gasteiger partial charge in [0.05, 0.1) is 12.0 Å². The molecule has 1 aliphatic rings. The Morgan fingerprint density at radius 2 is 2.06 bits per heavy atom. The van der Waals surface area contributed by atoms with Crippen LogP contribution < -0.4 is 0 Å². The van der Waals surface area contributed by atoms with E-state index < -0.39 is 0 Å². The van der Waals surface area contributed by atoms with Crippen molar-refractivity contribution >= 4 is 5.78 Å². The molecule has 0 bridgehead atoms. The van der Waals surface area contributed by atoms with Gasteiger partial charge in [0.1, 0.15) is 5.69 Å². The van der Waals surface area contributed by atoms with Crippen molar-refractivity contribution in [1.29, 1.82) is 0 Å². The van der Waals surface area contributed by atoms with Gasteiger partial charge >= 0.3 is 0 Å². The molecular weight excluding hydrogens is 214 g/mol. The predicted octanol–water partition coefficient (Wildman–Crippen LogP) is 2.18. The van der Waals surface area contributed by atoms with Crippen molar-refractivity contribution in [2.75, 3.05) is 0 Å². The Balaban J connectivity index is 2.18. The standard InChI is InChI=1S/C13H13N3O/c17-12-4-2-1-3-10-11(5-6-15-13(10)12)16-8-7-14-9-16/h5-9H,1-4H2. The van der Waals surface area contributed by atoms with E-state index in [1.54, 1.807) is 18.7 Å². The highest BCUT2D eigenvalue weighted by Gasteiger charge is 2.19. The molecule has 3 rings (SSSR count). The van der Waals surface area contributed by atoms with Gasteiger partial charge in [-0.3, -0.25) is 9.78 Å². The number of hydrogen-bond acceptors (Lipinski definition) is 3. The normalized spacial score (nSPS) is 15.4. The monoisotopic (exact) mass is 227 g/mol. The maximum absolute atomic E-state index is 11.9. The molecule has 1 aliphatic carbocycles. The molecule has 0 unspecified atom stereocenters. The molecule has 2 aromatic heterocycles. The van der Waals surface area contributed by atoms with Gasteiger partial charge in [-0.1, -0.05) is 0 Å². The van der Waals surface area contributed by atoms with E-state index in [-0.39, 0.29) is 5.78 Å². The quantitative estimate of drug-likeness (QED) is 0.701. The average molecular weight is 227 g/mol. The highest BCUT2D eigenvalue weighted by molar-refractivity contribution is 5.96. The Morgan fingerprint density at radius 3 is 2.88 bits per heavy atom. The van der Waals surface area contributed by atoms with Crippen molar-refractivity contribution in [2.24, 2.45) is 0 Å². The summed E-state index contributed by atoms with van der Waals surface area (Å²) in [5.41, 5.74) is 2.74. The number of pyridine rings is 1. The van der Waals surface area contributed by atoms with Gasteiger partial charge in [0.15, 0.2) is 5.78 Å². The number of imidazole rings is 1. The van der Waals surface area contributed by atoms with Gasteiger partial charge in [0.25, 0.3) is 0 Å². The summed E-state index contributed by atoms with van der Waals surface area (Å²) >= 11 is 0. The van der Waals surface area contributed by atoms with E-state index in [0.717, 1.165) is 30.5 Å². The fourth-order valence-electron chi connectivity index (χ4n) is 2.32. The summed E-state index contributed by atoms with van der Waals surface area (Å²) < 4.78 is 1.94. The maximum Gasteiger partial charge on any atom is 0.181 e. The molecule has 2 heterocycles. The number of carbonyl (C=O) groups excluding carboxylic acids is 1. The van der Waals surface area contributed by atoms with E-state index in [1.165, 1.54) is 0 Å². The number of aromatic nitrogens is 3. The molecule has 0 amide bonds. The molecule has 0 saturated heterocycles. The van der Waals surface area contributed by atoms with E-state index in [0.29, 0.717) is 12.1 Å². The van der Waals surface area contributed by atoms with Gasteiger partial charge in [-0.2, -0.15) is 0 Å². The molecule has 0 aliphatic heterocycles. The minimum absolute atomic E-state index is 0.166. The molecule has 0 fully saturated rings. The van der Waals surface area contributed by atoms with Crippen molar-refractivity contribution < 1.29 is 4.79 Å². The molecule has 86 valence electrons. The number of carbonyl (C=O) groups is 1. The Labute approximate surface area is 99.3 Å². The van der Waals surface area contributed by atoms with Gasteiger partial charge in [0, 0.05) is 30.6 Å². The van der Waals surface area contributed by atoms with Gasteiger partial charge in [-0.25, -0.2) is 4.98 Å². The molecule has 0 radical (unpaired) electrons. The fraction of sp³-hybridized carbons (Fsp3) is 0.308. The summed E-state index contributed by atoms with van der Waals surface area (Å²) in [5, 5.41) is 0. The van der Waals surface area contributed by atoms with Crippen LogP contribution >= 0.6 is 0 Å². The zero-order valence-corrected chi connectivity index (χ0v) is 9.47. The van der Waals surface area contributed by atoms with Crippen LogP contribution in [-0.2, 0) is 6.42 Å². The van der Waals surface area contributed by atoms with Crippen LogP contribution in [0.2, 0.25) is 0 Å². The fourth-order valence-corrected chi connectivity index (χ4v) is 2.32. The highest BCUT2D eigenvalue weighted by Crippen LogP contribution is 2.24. The second-order valence-corrected chi connectivity index (χ2v) is 4.26. The minimum atomic E-state index is 0.166. The lowest BCUT2D eigenvalue weighted by molar-refractivity contribution is 0.0977. The first-order valence-electron chi connectivity index (χ1n) is 5.85. The first-order valence-corrected chi connectivity index (χ1v) is 5.85. The van der Waals surface area contributed by atoms with Crippen molar-refractivity contribution in [3.63, 3.8) is 0 Å². The lowest BCUT2D eigenvalue weighted by Gasteiger charge is -2.10. The van der Waals surface area contributed by atoms with Crippen molar-refractivity contribution in [3.8, 4) is 5.69 Å². The largest absolute Gasteiger partial charge is 0.306 e. The summed E-state index contributed by atoms with van der Waals surface area (Å²) in [6, 6.07) is 1.94. The summed E-state index contributed by atoms with van der Waals surface area (Å²) in [6.07, 6.45) is 10.6. The van der Waals surface area contributed by atoms with Gasteiger partial charge in [-0.05, 0) is 25.3 Å². The Morgan fingerprint density at radius 1 is 1.18 bits per heavy atom. The third kappa shape index (κ3) is 1.75. The van der Waals surface area contributed by atoms with Crippen LogP contribution in [0.5, 0.6) is 0 Å². The number of Topliss-reactive ketones (excluding diaryl/α,β-unsaturated/α-hetero) is 1. The van der Waals surface area contributed by atoms with Crippen LogP contribution in [0.4, 0.5) is 0 Å². The van der Waals surface area contributed by atoms with Crippen molar-refractivity contribution in [1.82, 2.24) is 14.5 Å². The summed E-state index contributed by atoms with van der Waals surface area (Å²) in [4.78, 5) is 20.2. The Hall–Kier alpha value is -1.97. The van der Waals surface area contributed by atoms with E-state index in [2.05, 4.69) is 9.97 Å². The van der Waals surface area contributed by atoms with Gasteiger partial charge < -0.3 is 4.57 Å². The topological polar surface area (TPSA) is 47.8 Å². The summed E-state index contributed by atoms with van der Waals surface area (Å²) in [5.74, 6) is 0.166. The van der Waals surface area contributed by atoms with Gasteiger partial charge in [0.2, 0.25) is 0 Å². The molecule has 0 saturated carbocycles. The summed E-state index contributed by atoms with van der Waals surface area (Å²) in [6.45, 7) is 0. The first kappa shape index (κ1) is 10.2. The molecule has 0 spiro atoms. The SMILES string of the molecule is O=C1CCCCc2c(-n3ccnc3)ccnc21. The Kier molecular flexibility index (Phi) is 2.48. The number of hydrogen-bond donors (Lipinski definition) is 0. The lowest BCUT2D eigenvalue weighted by atomic mass is 10.1. The highest BCUT2D eigenvalue weighted by atomic mass is 16.1. The third-order valence-electron chi connectivity index (χ3n) is 3.16. The molecule has 17 heavy (non-hydrogen) atoms. The number of nitrogens with zero attached hydrogens (tertiary/aromatic N) is 3. The number of fused-ring (bicyclic) bond motifs is 1. The predicted molar refractivity (Wildman–Crippen MR) is 63.2 cm³/mol. The van der Waals surface area contributed by atoms with Crippen LogP contribution in [0.15, 0.2) is 31.0 Å². The van der Waals surface area contributed by atoms with Crippen molar-refractivity contribution in [3.05, 3.63) is 42.2 Å². The van der Waals surface area contributed by atoms with Crippen molar-refractivity contribution in [2.45, 2.75) is 25.7 Å². The minimum Gasteiger partial charge on any atom is -0.306 e. The maximum atomic E-state index is 11.9. The van der Waals surface area contributed by atoms with Crippen LogP contribution in [-0.4, -0.2) is 20.3 Å². The second kappa shape index (κ2) is 4.13. The second-order valence-electron chi connectivity index (χ2n) is 4.26. The van der Waals surface area contributed by atoms with Crippen LogP contribution in [0.1, 0.15) is 35.3 Å². The zero-order valence-electron chi connectivity index (χ0n) is 9.47. The van der Waals surface area contributed by atoms with E-state index >= 15 is 0 Å². The molecular formula is C13H13N3O. The lowest BCUT2D eigenvalue weighted by Crippen LogP contribution is -2.07.